The average molecular weight is 761 g/mol. The molecule has 12 nitrogen and oxygen atoms in total. The zero-order valence-corrected chi connectivity index (χ0v) is 30.5. The number of carboxylic acid groups (broad SMARTS) is 1. The third kappa shape index (κ3) is 5.43. The number of aromatic nitrogens is 4. The molecule has 6 aromatic rings. The number of imidazole rings is 2. The molecule has 1 aliphatic carbocycles. The van der Waals surface area contributed by atoms with Gasteiger partial charge in [-0.1, -0.05) is 65.7 Å². The number of alkyl halides is 2. The van der Waals surface area contributed by atoms with Crippen LogP contribution in [0.25, 0.3) is 44.5 Å². The maximum Gasteiger partial charge on any atom is 0.568 e. The SMILES string of the molecule is CC(c1ccccc1)[N+](O)(C(=O)O)N1CC2(CC1c1nc3ccc(-c4ccc5c(c4)C(F)(F)c4cc(-c6cnc(C7CCCN7)[nH]6)ccc4-5)cc3[nH]1)OCCO2. The number of H-pyrrole nitrogens is 2. The molecule has 1 amide bonds. The van der Waals surface area contributed by atoms with Gasteiger partial charge in [0.1, 0.15) is 24.2 Å². The molecule has 56 heavy (non-hydrogen) atoms. The summed E-state index contributed by atoms with van der Waals surface area (Å²) in [6.07, 6.45) is 2.52. The Balaban J connectivity index is 0.967. The minimum Gasteiger partial charge on any atom is -0.432 e. The first-order chi connectivity index (χ1) is 27.0. The quantitative estimate of drug-likeness (QED) is 0.0617. The number of nitrogens with zero attached hydrogens (tertiary/aromatic N) is 4. The summed E-state index contributed by atoms with van der Waals surface area (Å²) < 4.78 is 43.3. The van der Waals surface area contributed by atoms with E-state index in [9.17, 15) is 15.1 Å². The van der Waals surface area contributed by atoms with E-state index in [1.54, 1.807) is 67.7 Å². The van der Waals surface area contributed by atoms with Crippen LogP contribution in [-0.2, 0) is 15.4 Å². The van der Waals surface area contributed by atoms with Gasteiger partial charge in [0.25, 0.3) is 5.92 Å². The fourth-order valence-electron chi connectivity index (χ4n) is 9.04. The lowest BCUT2D eigenvalue weighted by molar-refractivity contribution is -1.15. The number of benzene rings is 4. The highest BCUT2D eigenvalue weighted by atomic mass is 19.3. The van der Waals surface area contributed by atoms with E-state index in [1.165, 1.54) is 5.01 Å². The summed E-state index contributed by atoms with van der Waals surface area (Å²) >= 11 is 0. The average Bonchev–Trinajstić information content (AvgIpc) is 4.08. The van der Waals surface area contributed by atoms with Gasteiger partial charge in [0.2, 0.25) is 0 Å². The van der Waals surface area contributed by atoms with Crippen molar-refractivity contribution in [3.63, 3.8) is 0 Å². The van der Waals surface area contributed by atoms with Crippen molar-refractivity contribution in [1.29, 1.82) is 0 Å². The van der Waals surface area contributed by atoms with Crippen molar-refractivity contribution in [2.45, 2.75) is 56.0 Å². The van der Waals surface area contributed by atoms with Crippen LogP contribution in [0, 0.1) is 0 Å². The highest BCUT2D eigenvalue weighted by molar-refractivity contribution is 5.87. The summed E-state index contributed by atoms with van der Waals surface area (Å²) in [7, 11) is 0. The summed E-state index contributed by atoms with van der Waals surface area (Å²) in [5.41, 5.74) is 5.41. The first-order valence-electron chi connectivity index (χ1n) is 18.9. The maximum atomic E-state index is 16.3. The number of amides is 1. The Kier molecular flexibility index (Phi) is 8.05. The van der Waals surface area contributed by atoms with Crippen LogP contribution < -0.4 is 5.32 Å². The maximum absolute atomic E-state index is 16.3. The summed E-state index contributed by atoms with van der Waals surface area (Å²) in [6.45, 7) is 3.25. The molecule has 3 saturated heterocycles. The summed E-state index contributed by atoms with van der Waals surface area (Å²) in [6, 6.07) is 23.3. The third-order valence-electron chi connectivity index (χ3n) is 12.0. The Bertz CT molecular complexity index is 2490. The Hall–Kier alpha value is -5.35. The molecule has 5 heterocycles. The molecule has 5 N–H and O–H groups in total. The number of hydrogen-bond acceptors (Lipinski definition) is 8. The van der Waals surface area contributed by atoms with Crippen molar-refractivity contribution in [2.75, 3.05) is 26.3 Å². The number of fused-ring (bicyclic) bond motifs is 4. The minimum atomic E-state index is -3.22. The smallest absolute Gasteiger partial charge is 0.432 e. The first kappa shape index (κ1) is 35.1. The lowest BCUT2D eigenvalue weighted by Gasteiger charge is -2.38. The molecule has 3 fully saturated rings. The summed E-state index contributed by atoms with van der Waals surface area (Å²) in [5.74, 6) is -3.12. The van der Waals surface area contributed by atoms with Crippen LogP contribution in [0.4, 0.5) is 13.6 Å². The predicted octanol–water partition coefficient (Wildman–Crippen LogP) is 8.22. The van der Waals surface area contributed by atoms with Crippen molar-refractivity contribution in [3.05, 3.63) is 119 Å². The second-order valence-corrected chi connectivity index (χ2v) is 15.2. The van der Waals surface area contributed by atoms with E-state index in [0.717, 1.165) is 25.2 Å². The van der Waals surface area contributed by atoms with Crippen molar-refractivity contribution in [1.82, 2.24) is 30.3 Å². The van der Waals surface area contributed by atoms with Crippen molar-refractivity contribution >= 4 is 17.1 Å². The van der Waals surface area contributed by atoms with E-state index in [-0.39, 0.29) is 30.1 Å². The summed E-state index contributed by atoms with van der Waals surface area (Å²) in [5, 5.41) is 27.6. The fourth-order valence-corrected chi connectivity index (χ4v) is 9.04. The highest BCUT2D eigenvalue weighted by Gasteiger charge is 2.62. The second-order valence-electron chi connectivity index (χ2n) is 15.2. The molecule has 4 unspecified atom stereocenters. The third-order valence-corrected chi connectivity index (χ3v) is 12.0. The number of hydrogen-bond donors (Lipinski definition) is 5. The molecule has 0 radical (unpaired) electrons. The molecule has 1 spiro atoms. The number of halogens is 2. The predicted molar refractivity (Wildman–Crippen MR) is 201 cm³/mol. The number of rotatable bonds is 7. The Morgan fingerprint density at radius 1 is 0.929 bits per heavy atom. The number of nitrogens with one attached hydrogen (secondary N) is 3. The molecule has 3 aliphatic heterocycles. The molecule has 14 heteroatoms. The lowest BCUT2D eigenvalue weighted by Crippen LogP contribution is -2.62. The van der Waals surface area contributed by atoms with Gasteiger partial charge in [0.05, 0.1) is 42.2 Å². The molecule has 10 rings (SSSR count). The van der Waals surface area contributed by atoms with Crippen molar-refractivity contribution < 1.29 is 38.1 Å². The molecule has 286 valence electrons. The number of carbonyl (C=O) groups is 1. The second kappa shape index (κ2) is 12.8. The minimum absolute atomic E-state index is 0.0198. The van der Waals surface area contributed by atoms with Crippen molar-refractivity contribution in [3.8, 4) is 33.5 Å². The van der Waals surface area contributed by atoms with Gasteiger partial charge in [0.15, 0.2) is 11.8 Å². The normalized spacial score (nSPS) is 22.7. The number of hydroxylamine groups is 2. The van der Waals surface area contributed by atoms with Gasteiger partial charge in [-0.3, -0.25) is 0 Å². The van der Waals surface area contributed by atoms with E-state index in [0.29, 0.717) is 69.1 Å². The molecule has 4 aromatic carbocycles. The van der Waals surface area contributed by atoms with Gasteiger partial charge >= 0.3 is 6.09 Å². The van der Waals surface area contributed by atoms with Crippen LogP contribution in [-0.4, -0.2) is 78.2 Å². The van der Waals surface area contributed by atoms with E-state index in [4.69, 9.17) is 14.5 Å². The first-order valence-corrected chi connectivity index (χ1v) is 18.9. The topological polar surface area (TPSA) is 149 Å². The van der Waals surface area contributed by atoms with Gasteiger partial charge in [0, 0.05) is 33.4 Å². The van der Waals surface area contributed by atoms with E-state index in [1.807, 2.05) is 30.3 Å². The lowest BCUT2D eigenvalue weighted by atomic mass is 9.98. The monoisotopic (exact) mass is 760 g/mol. The molecule has 0 bridgehead atoms. The Morgan fingerprint density at radius 3 is 2.34 bits per heavy atom. The highest BCUT2D eigenvalue weighted by Crippen LogP contribution is 2.53. The largest absolute Gasteiger partial charge is 0.568 e. The van der Waals surface area contributed by atoms with Crippen molar-refractivity contribution in [2.24, 2.45) is 0 Å². The van der Waals surface area contributed by atoms with Gasteiger partial charge < -0.3 is 29.9 Å². The van der Waals surface area contributed by atoms with Gasteiger partial charge in [-0.05, 0) is 72.8 Å². The van der Waals surface area contributed by atoms with Crippen LogP contribution >= 0.6 is 0 Å². The van der Waals surface area contributed by atoms with Gasteiger partial charge in [-0.15, -0.1) is 0 Å². The zero-order chi connectivity index (χ0) is 38.4. The molecular formula is C42H40F2N7O5+. The van der Waals surface area contributed by atoms with E-state index < -0.39 is 34.6 Å². The van der Waals surface area contributed by atoms with E-state index in [2.05, 4.69) is 20.3 Å². The fraction of sp³-hybridized carbons (Fsp3) is 0.310. The number of quaternary nitrogens is 1. The van der Waals surface area contributed by atoms with E-state index >= 15 is 8.78 Å². The molecule has 4 aliphatic rings. The Labute approximate surface area is 320 Å². The summed E-state index contributed by atoms with van der Waals surface area (Å²) in [4.78, 5) is 29.1. The van der Waals surface area contributed by atoms with Crippen LogP contribution in [0.2, 0.25) is 0 Å². The van der Waals surface area contributed by atoms with Crippen LogP contribution in [0.15, 0.2) is 91.1 Å². The standard InChI is InChI=1S/C42H39F2N7O5/c1-24(25-6-3-2-4-7-25)51(54,40(52)53)50-23-41(55-16-17-56-41)21-37(50)39-47-33-14-11-27(20-35(33)48-39)26-9-12-29-30-13-10-28(19-32(30)42(43,44)31(29)18-26)36-22-46-38(49-36)34-8-5-15-45-34/h2-4,6-7,9-14,18-20,22,24,34,37,45,54H,5,8,15-17,21,23H2,1H3,(H2-,46,47,48,49,52,53)/p+1. The van der Waals surface area contributed by atoms with Gasteiger partial charge in [-0.25, -0.2) is 9.97 Å². The van der Waals surface area contributed by atoms with Crippen LogP contribution in [0.1, 0.15) is 72.7 Å². The Morgan fingerprint density at radius 2 is 1.62 bits per heavy atom. The van der Waals surface area contributed by atoms with Crippen LogP contribution in [0.3, 0.4) is 0 Å². The molecule has 0 saturated carbocycles. The molecule has 2 aromatic heterocycles. The van der Waals surface area contributed by atoms with Gasteiger partial charge in [-0.2, -0.15) is 18.8 Å². The number of ether oxygens (including phenoxy) is 2. The molecular weight excluding hydrogens is 721 g/mol. The number of aromatic amines is 2. The molecule has 4 atom stereocenters. The zero-order valence-electron chi connectivity index (χ0n) is 30.5. The van der Waals surface area contributed by atoms with Crippen LogP contribution in [0.5, 0.6) is 0 Å².